The van der Waals surface area contributed by atoms with Crippen LogP contribution in [0.3, 0.4) is 0 Å². The number of nitriles is 1. The highest BCUT2D eigenvalue weighted by Crippen LogP contribution is 2.60. The summed E-state index contributed by atoms with van der Waals surface area (Å²) < 4.78 is 23.6. The van der Waals surface area contributed by atoms with E-state index in [1.54, 1.807) is 6.07 Å². The third-order valence-corrected chi connectivity index (χ3v) is 8.37. The van der Waals surface area contributed by atoms with Crippen LogP contribution in [0.15, 0.2) is 30.5 Å². The highest BCUT2D eigenvalue weighted by atomic mass is 19.1. The molecule has 4 bridgehead atoms. The molecule has 4 saturated carbocycles. The van der Waals surface area contributed by atoms with Gasteiger partial charge < -0.3 is 25.4 Å². The quantitative estimate of drug-likeness (QED) is 0.358. The zero-order valence-corrected chi connectivity index (χ0v) is 23.5. The third-order valence-electron chi connectivity index (χ3n) is 8.37. The molecule has 0 radical (unpaired) electrons. The average Bonchev–Trinajstić information content (AvgIpc) is 2.91. The van der Waals surface area contributed by atoms with E-state index in [1.165, 1.54) is 6.20 Å². The lowest BCUT2D eigenvalue weighted by atomic mass is 9.48. The first-order valence-electron chi connectivity index (χ1n) is 14.2. The second kappa shape index (κ2) is 11.5. The van der Waals surface area contributed by atoms with E-state index in [-0.39, 0.29) is 24.2 Å². The number of alkyl halides is 1. The number of para-hydroxylation sites is 1. The molecule has 1 unspecified atom stereocenters. The average molecular weight is 551 g/mol. The lowest BCUT2D eigenvalue weighted by Gasteiger charge is -2.60. The Kier molecular flexibility index (Phi) is 8.02. The topological polar surface area (TPSA) is 121 Å². The number of alkyl carbamates (subject to hydrolysis) is 1. The maximum absolute atomic E-state index is 12.6. The summed E-state index contributed by atoms with van der Waals surface area (Å²) in [4.78, 5) is 21.5. The zero-order chi connectivity index (χ0) is 28.3. The standard InChI is InChI=1S/C30H39FN6O3/c1-29(2,3)40-28(38)36-25-21-10-19-11-22(25)14-30(12-19,13-21)18-35-26-23(15-32)17-34-27(37-26)33-16-20-6-4-5-7-24(20)39-9-8-31/h4-7,17,19,21-22,25H,8-14,16,18H2,1-3H3,(H,36,38)(H2,33,34,35,37)/t19?,21-,22+,25-,30+. The minimum absolute atomic E-state index is 0.000577. The second-order valence-corrected chi connectivity index (χ2v) is 12.6. The van der Waals surface area contributed by atoms with Crippen molar-refractivity contribution in [1.82, 2.24) is 15.3 Å². The summed E-state index contributed by atoms with van der Waals surface area (Å²) in [6.07, 6.45) is 6.69. The van der Waals surface area contributed by atoms with Gasteiger partial charge in [0.25, 0.3) is 0 Å². The summed E-state index contributed by atoms with van der Waals surface area (Å²) in [5, 5.41) is 19.6. The number of carbonyl (C=O) groups is 1. The molecule has 4 fully saturated rings. The third kappa shape index (κ3) is 6.40. The van der Waals surface area contributed by atoms with Gasteiger partial charge in [0.05, 0.1) is 6.20 Å². The van der Waals surface area contributed by atoms with E-state index < -0.39 is 12.3 Å². The highest BCUT2D eigenvalue weighted by Gasteiger charge is 2.55. The number of halogens is 1. The van der Waals surface area contributed by atoms with Crippen LogP contribution in [0.25, 0.3) is 0 Å². The number of benzene rings is 1. The van der Waals surface area contributed by atoms with Crippen molar-refractivity contribution in [1.29, 1.82) is 5.26 Å². The Balaban J connectivity index is 1.23. The summed E-state index contributed by atoms with van der Waals surface area (Å²) in [7, 11) is 0. The predicted molar refractivity (Wildman–Crippen MR) is 150 cm³/mol. The molecule has 1 amide bonds. The van der Waals surface area contributed by atoms with Crippen LogP contribution in [0.4, 0.5) is 21.0 Å². The van der Waals surface area contributed by atoms with E-state index in [0.717, 1.165) is 44.2 Å². The largest absolute Gasteiger partial charge is 0.491 e. The number of aromatic nitrogens is 2. The molecule has 5 atom stereocenters. The van der Waals surface area contributed by atoms with Crippen molar-refractivity contribution < 1.29 is 18.7 Å². The zero-order valence-electron chi connectivity index (χ0n) is 23.5. The number of nitrogens with zero attached hydrogens (tertiary/aromatic N) is 3. The van der Waals surface area contributed by atoms with Crippen molar-refractivity contribution in [3.63, 3.8) is 0 Å². The van der Waals surface area contributed by atoms with Crippen LogP contribution in [-0.2, 0) is 11.3 Å². The van der Waals surface area contributed by atoms with Gasteiger partial charge in [0.15, 0.2) is 0 Å². The van der Waals surface area contributed by atoms with Gasteiger partial charge in [-0.15, -0.1) is 0 Å². The van der Waals surface area contributed by atoms with Crippen molar-refractivity contribution in [2.24, 2.45) is 23.2 Å². The maximum Gasteiger partial charge on any atom is 0.407 e. The minimum atomic E-state index is -0.555. The van der Waals surface area contributed by atoms with E-state index in [9.17, 15) is 14.4 Å². The van der Waals surface area contributed by atoms with Crippen LogP contribution in [0.2, 0.25) is 0 Å². The number of carbonyl (C=O) groups excluding carboxylic acids is 1. The van der Waals surface area contributed by atoms with E-state index in [1.807, 2.05) is 39.0 Å². The Hall–Kier alpha value is -3.61. The Morgan fingerprint density at radius 2 is 1.93 bits per heavy atom. The molecule has 9 nitrogen and oxygen atoms in total. The van der Waals surface area contributed by atoms with Gasteiger partial charge in [0.1, 0.15) is 42.1 Å². The Morgan fingerprint density at radius 1 is 1.18 bits per heavy atom. The van der Waals surface area contributed by atoms with Crippen LogP contribution >= 0.6 is 0 Å². The molecule has 6 rings (SSSR count). The van der Waals surface area contributed by atoms with Gasteiger partial charge in [-0.1, -0.05) is 18.2 Å². The minimum Gasteiger partial charge on any atom is -0.491 e. The summed E-state index contributed by atoms with van der Waals surface area (Å²) in [5.74, 6) is 3.04. The lowest BCUT2D eigenvalue weighted by molar-refractivity contribution is -0.0703. The van der Waals surface area contributed by atoms with Gasteiger partial charge in [-0.3, -0.25) is 0 Å². The van der Waals surface area contributed by atoms with E-state index in [4.69, 9.17) is 9.47 Å². The molecule has 2 aromatic rings. The van der Waals surface area contributed by atoms with Gasteiger partial charge in [0.2, 0.25) is 5.95 Å². The number of nitrogens with one attached hydrogen (secondary N) is 3. The van der Waals surface area contributed by atoms with Gasteiger partial charge in [-0.05, 0) is 82.1 Å². The lowest BCUT2D eigenvalue weighted by Crippen LogP contribution is -2.60. The number of rotatable bonds is 10. The van der Waals surface area contributed by atoms with Crippen molar-refractivity contribution in [2.75, 3.05) is 30.5 Å². The first-order valence-corrected chi connectivity index (χ1v) is 14.2. The number of anilines is 2. The monoisotopic (exact) mass is 550 g/mol. The number of hydrogen-bond donors (Lipinski definition) is 3. The summed E-state index contributed by atoms with van der Waals surface area (Å²) in [6, 6.07) is 9.80. The molecule has 10 heteroatoms. The molecule has 4 aliphatic rings. The molecule has 3 N–H and O–H groups in total. The van der Waals surface area contributed by atoms with Crippen LogP contribution < -0.4 is 20.7 Å². The summed E-state index contributed by atoms with van der Waals surface area (Å²) in [5.41, 5.74) is 0.853. The Bertz CT molecular complexity index is 1240. The molecule has 0 spiro atoms. The summed E-state index contributed by atoms with van der Waals surface area (Å²) >= 11 is 0. The molecular formula is C30H39FN6O3. The molecule has 1 aromatic carbocycles. The van der Waals surface area contributed by atoms with Crippen LogP contribution in [0, 0.1) is 34.5 Å². The van der Waals surface area contributed by atoms with E-state index >= 15 is 0 Å². The molecule has 0 aliphatic heterocycles. The Labute approximate surface area is 235 Å². The van der Waals surface area contributed by atoms with Crippen molar-refractivity contribution >= 4 is 17.9 Å². The first kappa shape index (κ1) is 27.9. The normalized spacial score (nSPS) is 26.6. The molecular weight excluding hydrogens is 511 g/mol. The first-order chi connectivity index (χ1) is 19.2. The predicted octanol–water partition coefficient (Wildman–Crippen LogP) is 5.44. The molecule has 214 valence electrons. The highest BCUT2D eigenvalue weighted by molar-refractivity contribution is 5.68. The van der Waals surface area contributed by atoms with Crippen LogP contribution in [-0.4, -0.2) is 47.5 Å². The maximum atomic E-state index is 12.6. The smallest absolute Gasteiger partial charge is 0.407 e. The van der Waals surface area contributed by atoms with E-state index in [2.05, 4.69) is 32.0 Å². The molecule has 0 saturated heterocycles. The van der Waals surface area contributed by atoms with E-state index in [0.29, 0.717) is 47.4 Å². The Morgan fingerprint density at radius 3 is 2.62 bits per heavy atom. The number of amides is 1. The van der Waals surface area contributed by atoms with Crippen molar-refractivity contribution in [3.8, 4) is 11.8 Å². The van der Waals surface area contributed by atoms with Gasteiger partial charge in [-0.25, -0.2) is 14.2 Å². The number of ether oxygens (including phenoxy) is 2. The van der Waals surface area contributed by atoms with Crippen LogP contribution in [0.5, 0.6) is 5.75 Å². The fraction of sp³-hybridized carbons (Fsp3) is 0.600. The number of hydrogen-bond acceptors (Lipinski definition) is 8. The second-order valence-electron chi connectivity index (χ2n) is 12.6. The van der Waals surface area contributed by atoms with Gasteiger partial charge in [0, 0.05) is 24.7 Å². The van der Waals surface area contributed by atoms with Crippen molar-refractivity contribution in [2.45, 2.75) is 71.1 Å². The SMILES string of the molecule is CC(C)(C)OC(=O)N[C@@H]1[C@@H]2CC3C[C@H]1C[C@](CNc1nc(NCc4ccccc4OCCF)ncc1C#N)(C3)C2. The molecule has 1 aromatic heterocycles. The molecule has 1 heterocycles. The molecule has 40 heavy (non-hydrogen) atoms. The van der Waals surface area contributed by atoms with Crippen LogP contribution in [0.1, 0.15) is 64.0 Å². The summed E-state index contributed by atoms with van der Waals surface area (Å²) in [6.45, 7) is 6.22. The fourth-order valence-electron chi connectivity index (χ4n) is 7.16. The fourth-order valence-corrected chi connectivity index (χ4v) is 7.16. The van der Waals surface area contributed by atoms with Gasteiger partial charge >= 0.3 is 6.09 Å². The molecule has 4 aliphatic carbocycles. The van der Waals surface area contributed by atoms with Gasteiger partial charge in [-0.2, -0.15) is 10.2 Å². The van der Waals surface area contributed by atoms with Crippen molar-refractivity contribution in [3.05, 3.63) is 41.6 Å².